The lowest BCUT2D eigenvalue weighted by atomic mass is 10.1. The highest BCUT2D eigenvalue weighted by Gasteiger charge is 2.32. The van der Waals surface area contributed by atoms with E-state index < -0.39 is 0 Å². The number of piperazine rings is 1. The summed E-state index contributed by atoms with van der Waals surface area (Å²) >= 11 is 0. The molecule has 1 aromatic rings. The van der Waals surface area contributed by atoms with E-state index in [1.807, 2.05) is 21.9 Å². The van der Waals surface area contributed by atoms with Crippen LogP contribution in [-0.2, 0) is 16.0 Å². The smallest absolute Gasteiger partial charge is 0.318 e. The third-order valence-corrected chi connectivity index (χ3v) is 5.51. The molecule has 1 aromatic carbocycles. The average molecular weight is 343 g/mol. The van der Waals surface area contributed by atoms with Gasteiger partial charge in [-0.1, -0.05) is 24.3 Å². The molecule has 2 aliphatic heterocycles. The Bertz CT molecular complexity index is 649. The van der Waals surface area contributed by atoms with Crippen molar-refractivity contribution in [3.05, 3.63) is 35.4 Å². The molecular weight excluding hydrogens is 318 g/mol. The van der Waals surface area contributed by atoms with Crippen LogP contribution in [0.15, 0.2) is 24.3 Å². The van der Waals surface area contributed by atoms with Crippen molar-refractivity contribution >= 4 is 11.9 Å². The molecule has 2 atom stereocenters. The highest BCUT2D eigenvalue weighted by atomic mass is 16.5. The fourth-order valence-electron chi connectivity index (χ4n) is 4.05. The summed E-state index contributed by atoms with van der Waals surface area (Å²) < 4.78 is 5.48. The molecule has 2 unspecified atom stereocenters. The van der Waals surface area contributed by atoms with Gasteiger partial charge in [-0.15, -0.1) is 0 Å². The molecule has 6 heteroatoms. The van der Waals surface area contributed by atoms with Crippen molar-refractivity contribution in [1.82, 2.24) is 15.1 Å². The third-order valence-electron chi connectivity index (χ3n) is 5.51. The molecule has 0 spiro atoms. The topological polar surface area (TPSA) is 61.9 Å². The van der Waals surface area contributed by atoms with Crippen molar-refractivity contribution in [2.24, 2.45) is 0 Å². The number of nitrogens with zero attached hydrogens (tertiary/aromatic N) is 2. The number of carbonyl (C=O) groups is 2. The lowest BCUT2D eigenvalue weighted by Crippen LogP contribution is -2.55. The number of urea groups is 1. The number of rotatable bonds is 2. The highest BCUT2D eigenvalue weighted by Crippen LogP contribution is 2.30. The Morgan fingerprint density at radius 3 is 2.56 bits per heavy atom. The van der Waals surface area contributed by atoms with E-state index in [0.29, 0.717) is 32.8 Å². The van der Waals surface area contributed by atoms with Crippen molar-refractivity contribution in [3.63, 3.8) is 0 Å². The van der Waals surface area contributed by atoms with Crippen LogP contribution >= 0.6 is 0 Å². The van der Waals surface area contributed by atoms with Gasteiger partial charge in [0.2, 0.25) is 0 Å². The number of amides is 3. The van der Waals surface area contributed by atoms with Gasteiger partial charge in [0.15, 0.2) is 0 Å². The fraction of sp³-hybridized carbons (Fsp3) is 0.579. The Morgan fingerprint density at radius 1 is 1.04 bits per heavy atom. The number of hydrogen-bond acceptors (Lipinski definition) is 3. The van der Waals surface area contributed by atoms with Gasteiger partial charge in [-0.3, -0.25) is 4.79 Å². The van der Waals surface area contributed by atoms with Gasteiger partial charge in [0.25, 0.3) is 5.91 Å². The first-order valence-electron chi connectivity index (χ1n) is 9.26. The van der Waals surface area contributed by atoms with E-state index in [4.69, 9.17) is 4.74 Å². The van der Waals surface area contributed by atoms with E-state index in [2.05, 4.69) is 17.4 Å². The molecule has 4 rings (SSSR count). The molecule has 3 amide bonds. The van der Waals surface area contributed by atoms with E-state index in [9.17, 15) is 9.59 Å². The fourth-order valence-corrected chi connectivity index (χ4v) is 4.05. The summed E-state index contributed by atoms with van der Waals surface area (Å²) in [6.45, 7) is 3.03. The molecule has 2 fully saturated rings. The zero-order valence-corrected chi connectivity index (χ0v) is 14.4. The number of aryl methyl sites for hydroxylation is 1. The standard InChI is InChI=1S/C19H25N3O3/c23-18(17-6-3-13-25-17)21-9-11-22(12-10-21)19(24)20-16-8-7-14-4-1-2-5-15(14)16/h1-2,4-5,16-17H,3,6-13H2,(H,20,24). The zero-order chi connectivity index (χ0) is 17.2. The Labute approximate surface area is 148 Å². The summed E-state index contributed by atoms with van der Waals surface area (Å²) in [4.78, 5) is 28.6. The van der Waals surface area contributed by atoms with E-state index in [1.54, 1.807) is 0 Å². The second-order valence-corrected chi connectivity index (χ2v) is 7.05. The van der Waals surface area contributed by atoms with Gasteiger partial charge in [0, 0.05) is 32.8 Å². The maximum Gasteiger partial charge on any atom is 0.318 e. The minimum Gasteiger partial charge on any atom is -0.368 e. The van der Waals surface area contributed by atoms with E-state index >= 15 is 0 Å². The number of benzene rings is 1. The van der Waals surface area contributed by atoms with Gasteiger partial charge in [-0.25, -0.2) is 4.79 Å². The van der Waals surface area contributed by atoms with Crippen molar-refractivity contribution in [2.45, 2.75) is 37.8 Å². The van der Waals surface area contributed by atoms with Crippen LogP contribution in [-0.4, -0.2) is 60.6 Å². The average Bonchev–Trinajstić information content (AvgIpc) is 3.32. The molecule has 1 N–H and O–H groups in total. The molecule has 134 valence electrons. The number of nitrogens with one attached hydrogen (secondary N) is 1. The molecule has 2 saturated heterocycles. The van der Waals surface area contributed by atoms with Gasteiger partial charge < -0.3 is 19.9 Å². The van der Waals surface area contributed by atoms with Crippen molar-refractivity contribution in [3.8, 4) is 0 Å². The predicted octanol–water partition coefficient (Wildman–Crippen LogP) is 1.71. The highest BCUT2D eigenvalue weighted by molar-refractivity contribution is 5.82. The second kappa shape index (κ2) is 7.04. The monoisotopic (exact) mass is 343 g/mol. The molecule has 0 aromatic heterocycles. The maximum absolute atomic E-state index is 12.6. The van der Waals surface area contributed by atoms with Crippen LogP contribution in [0.5, 0.6) is 0 Å². The van der Waals surface area contributed by atoms with Gasteiger partial charge in [0.05, 0.1) is 6.04 Å². The lowest BCUT2D eigenvalue weighted by Gasteiger charge is -2.36. The molecule has 25 heavy (non-hydrogen) atoms. The van der Waals surface area contributed by atoms with E-state index in [1.165, 1.54) is 11.1 Å². The normalized spacial score (nSPS) is 25.8. The first kappa shape index (κ1) is 16.4. The van der Waals surface area contributed by atoms with Crippen LogP contribution in [0.1, 0.15) is 36.4 Å². The Hall–Kier alpha value is -2.08. The molecular formula is C19H25N3O3. The third kappa shape index (κ3) is 3.35. The Kier molecular flexibility index (Phi) is 4.61. The van der Waals surface area contributed by atoms with Gasteiger partial charge in [0.1, 0.15) is 6.10 Å². The molecule has 6 nitrogen and oxygen atoms in total. The summed E-state index contributed by atoms with van der Waals surface area (Å²) in [5.74, 6) is 0.0854. The van der Waals surface area contributed by atoms with Crippen molar-refractivity contribution < 1.29 is 14.3 Å². The van der Waals surface area contributed by atoms with Crippen LogP contribution in [0.25, 0.3) is 0 Å². The minimum absolute atomic E-state index is 0.0223. The predicted molar refractivity (Wildman–Crippen MR) is 93.2 cm³/mol. The molecule has 2 heterocycles. The summed E-state index contributed by atoms with van der Waals surface area (Å²) in [5.41, 5.74) is 2.57. The van der Waals surface area contributed by atoms with Crippen LogP contribution in [0.3, 0.4) is 0 Å². The number of ether oxygens (including phenoxy) is 1. The SMILES string of the molecule is O=C(NC1CCc2ccccc21)N1CCN(C(=O)C2CCCO2)CC1. The minimum atomic E-state index is -0.268. The van der Waals surface area contributed by atoms with E-state index in [0.717, 1.165) is 25.7 Å². The van der Waals surface area contributed by atoms with Gasteiger partial charge in [-0.05, 0) is 36.8 Å². The van der Waals surface area contributed by atoms with Crippen molar-refractivity contribution in [2.75, 3.05) is 32.8 Å². The van der Waals surface area contributed by atoms with Crippen LogP contribution in [0.2, 0.25) is 0 Å². The second-order valence-electron chi connectivity index (χ2n) is 7.05. The Balaban J connectivity index is 1.29. The number of carbonyl (C=O) groups excluding carboxylic acids is 2. The number of fused-ring (bicyclic) bond motifs is 1. The zero-order valence-electron chi connectivity index (χ0n) is 14.4. The van der Waals surface area contributed by atoms with Crippen LogP contribution in [0.4, 0.5) is 4.79 Å². The first-order chi connectivity index (χ1) is 12.2. The van der Waals surface area contributed by atoms with Gasteiger partial charge >= 0.3 is 6.03 Å². The van der Waals surface area contributed by atoms with Crippen LogP contribution in [0, 0.1) is 0 Å². The molecule has 0 bridgehead atoms. The summed E-state index contributed by atoms with van der Waals surface area (Å²) in [6.07, 6.45) is 3.49. The summed E-state index contributed by atoms with van der Waals surface area (Å²) in [5, 5.41) is 3.16. The molecule has 0 radical (unpaired) electrons. The number of hydrogen-bond donors (Lipinski definition) is 1. The van der Waals surface area contributed by atoms with E-state index in [-0.39, 0.29) is 24.1 Å². The lowest BCUT2D eigenvalue weighted by molar-refractivity contribution is -0.142. The first-order valence-corrected chi connectivity index (χ1v) is 9.26. The van der Waals surface area contributed by atoms with Gasteiger partial charge in [-0.2, -0.15) is 0 Å². The largest absolute Gasteiger partial charge is 0.368 e. The summed E-state index contributed by atoms with van der Waals surface area (Å²) in [6, 6.07) is 8.40. The van der Waals surface area contributed by atoms with Crippen molar-refractivity contribution in [1.29, 1.82) is 0 Å². The quantitative estimate of drug-likeness (QED) is 0.889. The summed E-state index contributed by atoms with van der Waals surface area (Å²) in [7, 11) is 0. The maximum atomic E-state index is 12.6. The molecule has 1 aliphatic carbocycles. The van der Waals surface area contributed by atoms with Crippen LogP contribution < -0.4 is 5.32 Å². The molecule has 3 aliphatic rings. The molecule has 0 saturated carbocycles. The Morgan fingerprint density at radius 2 is 1.80 bits per heavy atom.